The molecule has 134 valence electrons. The molecule has 1 aliphatic carbocycles. The fourth-order valence-electron chi connectivity index (χ4n) is 3.66. The van der Waals surface area contributed by atoms with Crippen LogP contribution in [0.1, 0.15) is 25.7 Å². The minimum atomic E-state index is -0.430. The Morgan fingerprint density at radius 2 is 1.73 bits per heavy atom. The summed E-state index contributed by atoms with van der Waals surface area (Å²) in [6.45, 7) is -0.259. The highest BCUT2D eigenvalue weighted by atomic mass is 32.1. The van der Waals surface area contributed by atoms with Gasteiger partial charge in [-0.3, -0.25) is 24.6 Å². The fraction of sp³-hybridized carbons (Fsp3) is 0.389. The number of nitrogens with one attached hydrogen (secondary N) is 1. The first-order valence-electron chi connectivity index (χ1n) is 8.67. The molecule has 2 atom stereocenters. The van der Waals surface area contributed by atoms with E-state index < -0.39 is 5.91 Å². The summed E-state index contributed by atoms with van der Waals surface area (Å²) in [5.41, 5.74) is 0.916. The topological polar surface area (TPSA) is 92.3 Å². The maximum Gasteiger partial charge on any atom is 0.246 e. The number of carbonyl (C=O) groups is 3. The Morgan fingerprint density at radius 3 is 2.38 bits per heavy atom. The Labute approximate surface area is 154 Å². The van der Waals surface area contributed by atoms with Crippen molar-refractivity contribution in [3.05, 3.63) is 30.3 Å². The molecular formula is C18H18N4O3S. The highest BCUT2D eigenvalue weighted by Crippen LogP contribution is 2.37. The largest absolute Gasteiger partial charge is 0.299 e. The summed E-state index contributed by atoms with van der Waals surface area (Å²) in [6.07, 6.45) is 3.41. The summed E-state index contributed by atoms with van der Waals surface area (Å²) in [5.74, 6) is -1.33. The number of hydrogen-bond donors (Lipinski definition) is 1. The van der Waals surface area contributed by atoms with E-state index in [1.165, 1.54) is 11.3 Å². The summed E-state index contributed by atoms with van der Waals surface area (Å²) in [6, 6.07) is 9.54. The Kier molecular flexibility index (Phi) is 4.50. The summed E-state index contributed by atoms with van der Waals surface area (Å²) in [5, 5.41) is 11.7. The van der Waals surface area contributed by atoms with Crippen molar-refractivity contribution in [3.63, 3.8) is 0 Å². The van der Waals surface area contributed by atoms with Gasteiger partial charge < -0.3 is 0 Å². The van der Waals surface area contributed by atoms with Crippen LogP contribution < -0.4 is 5.32 Å². The van der Waals surface area contributed by atoms with E-state index in [4.69, 9.17) is 0 Å². The van der Waals surface area contributed by atoms with Crippen molar-refractivity contribution >= 4 is 34.2 Å². The number of anilines is 1. The average molecular weight is 370 g/mol. The number of carbonyl (C=O) groups excluding carboxylic acids is 3. The zero-order valence-corrected chi connectivity index (χ0v) is 14.9. The lowest BCUT2D eigenvalue weighted by atomic mass is 9.81. The number of hydrogen-bond acceptors (Lipinski definition) is 6. The van der Waals surface area contributed by atoms with Crippen molar-refractivity contribution in [2.75, 3.05) is 11.9 Å². The van der Waals surface area contributed by atoms with Crippen molar-refractivity contribution in [3.8, 4) is 10.6 Å². The molecule has 1 aromatic carbocycles. The molecule has 2 unspecified atom stereocenters. The van der Waals surface area contributed by atoms with Crippen molar-refractivity contribution in [1.82, 2.24) is 15.1 Å². The Balaban J connectivity index is 1.41. The molecule has 1 saturated carbocycles. The van der Waals surface area contributed by atoms with Gasteiger partial charge >= 0.3 is 0 Å². The molecule has 2 heterocycles. The number of aromatic nitrogens is 2. The second-order valence-corrected chi connectivity index (χ2v) is 7.56. The number of fused-ring (bicyclic) bond motifs is 1. The van der Waals surface area contributed by atoms with E-state index in [1.807, 2.05) is 30.3 Å². The van der Waals surface area contributed by atoms with Crippen molar-refractivity contribution in [1.29, 1.82) is 0 Å². The molecule has 2 aromatic rings. The van der Waals surface area contributed by atoms with Gasteiger partial charge in [0.2, 0.25) is 22.9 Å². The average Bonchev–Trinajstić information content (AvgIpc) is 3.22. The van der Waals surface area contributed by atoms with Crippen LogP contribution in [0.3, 0.4) is 0 Å². The van der Waals surface area contributed by atoms with Crippen LogP contribution in [0.2, 0.25) is 0 Å². The van der Waals surface area contributed by atoms with Gasteiger partial charge in [0.1, 0.15) is 11.6 Å². The molecule has 2 fully saturated rings. The Morgan fingerprint density at radius 1 is 1.08 bits per heavy atom. The third-order valence-electron chi connectivity index (χ3n) is 4.93. The Hall–Kier alpha value is -2.61. The lowest BCUT2D eigenvalue weighted by molar-refractivity contribution is -0.142. The lowest BCUT2D eigenvalue weighted by Gasteiger charge is -2.19. The van der Waals surface area contributed by atoms with Gasteiger partial charge in [-0.1, -0.05) is 54.5 Å². The molecule has 8 heteroatoms. The van der Waals surface area contributed by atoms with E-state index in [-0.39, 0.29) is 30.2 Å². The number of rotatable bonds is 4. The predicted octanol–water partition coefficient (Wildman–Crippen LogP) is 2.32. The number of likely N-dealkylation sites (tertiary alicyclic amines) is 1. The van der Waals surface area contributed by atoms with Gasteiger partial charge in [-0.2, -0.15) is 0 Å². The van der Waals surface area contributed by atoms with Gasteiger partial charge in [0.05, 0.1) is 11.8 Å². The predicted molar refractivity (Wildman–Crippen MR) is 96.1 cm³/mol. The second-order valence-electron chi connectivity index (χ2n) is 6.59. The zero-order valence-electron chi connectivity index (χ0n) is 14.1. The molecule has 1 aliphatic heterocycles. The van der Waals surface area contributed by atoms with Gasteiger partial charge in [0, 0.05) is 5.56 Å². The summed E-state index contributed by atoms with van der Waals surface area (Å²) >= 11 is 1.25. The molecule has 0 spiro atoms. The monoisotopic (exact) mass is 370 g/mol. The molecule has 1 saturated heterocycles. The highest BCUT2D eigenvalue weighted by molar-refractivity contribution is 7.18. The highest BCUT2D eigenvalue weighted by Gasteiger charge is 2.48. The molecule has 1 N–H and O–H groups in total. The zero-order chi connectivity index (χ0) is 18.1. The van der Waals surface area contributed by atoms with Gasteiger partial charge in [-0.25, -0.2) is 0 Å². The van der Waals surface area contributed by atoms with Crippen LogP contribution in [0, 0.1) is 11.8 Å². The minimum Gasteiger partial charge on any atom is -0.299 e. The minimum absolute atomic E-state index is 0.211. The summed E-state index contributed by atoms with van der Waals surface area (Å²) in [4.78, 5) is 38.3. The maximum atomic E-state index is 12.4. The normalized spacial score (nSPS) is 22.4. The quantitative estimate of drug-likeness (QED) is 0.834. The van der Waals surface area contributed by atoms with E-state index in [0.29, 0.717) is 10.1 Å². The molecule has 4 rings (SSSR count). The molecule has 26 heavy (non-hydrogen) atoms. The first-order chi connectivity index (χ1) is 12.6. The number of nitrogens with zero attached hydrogens (tertiary/aromatic N) is 3. The van der Waals surface area contributed by atoms with Crippen molar-refractivity contribution in [2.24, 2.45) is 11.8 Å². The van der Waals surface area contributed by atoms with Crippen LogP contribution in [-0.2, 0) is 14.4 Å². The van der Waals surface area contributed by atoms with Crippen molar-refractivity contribution in [2.45, 2.75) is 25.7 Å². The van der Waals surface area contributed by atoms with E-state index >= 15 is 0 Å². The van der Waals surface area contributed by atoms with Crippen LogP contribution >= 0.6 is 11.3 Å². The standard InChI is InChI=1S/C18H18N4O3S/c23-14(10-22-16(24)12-8-4-5-9-13(12)17(22)25)19-18-21-20-15(26-18)11-6-2-1-3-7-11/h1-3,6-7,12-13H,4-5,8-10H2,(H,19,21,23). The lowest BCUT2D eigenvalue weighted by Crippen LogP contribution is -2.38. The molecule has 0 bridgehead atoms. The fourth-order valence-corrected chi connectivity index (χ4v) is 4.43. The summed E-state index contributed by atoms with van der Waals surface area (Å²) < 4.78 is 0. The van der Waals surface area contributed by atoms with E-state index in [0.717, 1.165) is 36.1 Å². The van der Waals surface area contributed by atoms with Gasteiger partial charge in [0.25, 0.3) is 0 Å². The SMILES string of the molecule is O=C(CN1C(=O)C2CCCCC2C1=O)Nc1nnc(-c2ccccc2)s1. The first-order valence-corrected chi connectivity index (χ1v) is 9.49. The van der Waals surface area contributed by atoms with Gasteiger partial charge in [-0.15, -0.1) is 10.2 Å². The molecule has 7 nitrogen and oxygen atoms in total. The third kappa shape index (κ3) is 3.12. The maximum absolute atomic E-state index is 12.4. The smallest absolute Gasteiger partial charge is 0.246 e. The number of amides is 3. The number of imide groups is 1. The molecule has 1 aromatic heterocycles. The van der Waals surface area contributed by atoms with E-state index in [2.05, 4.69) is 15.5 Å². The van der Waals surface area contributed by atoms with E-state index in [1.54, 1.807) is 0 Å². The second kappa shape index (κ2) is 6.95. The molecule has 2 aliphatic rings. The first kappa shape index (κ1) is 16.8. The van der Waals surface area contributed by atoms with Crippen LogP contribution in [0.4, 0.5) is 5.13 Å². The van der Waals surface area contributed by atoms with Crippen molar-refractivity contribution < 1.29 is 14.4 Å². The van der Waals surface area contributed by atoms with Crippen LogP contribution in [-0.4, -0.2) is 39.4 Å². The van der Waals surface area contributed by atoms with Crippen LogP contribution in [0.25, 0.3) is 10.6 Å². The Bertz CT molecular complexity index is 827. The van der Waals surface area contributed by atoms with E-state index in [9.17, 15) is 14.4 Å². The molecule has 0 radical (unpaired) electrons. The van der Waals surface area contributed by atoms with Crippen LogP contribution in [0.15, 0.2) is 30.3 Å². The molecule has 3 amide bonds. The van der Waals surface area contributed by atoms with Gasteiger partial charge in [-0.05, 0) is 12.8 Å². The third-order valence-corrected chi connectivity index (χ3v) is 5.81. The van der Waals surface area contributed by atoms with Gasteiger partial charge in [0.15, 0.2) is 0 Å². The number of benzene rings is 1. The summed E-state index contributed by atoms with van der Waals surface area (Å²) in [7, 11) is 0. The van der Waals surface area contributed by atoms with Crippen LogP contribution in [0.5, 0.6) is 0 Å². The molecular weight excluding hydrogens is 352 g/mol.